The molecule has 7 heteroatoms. The summed E-state index contributed by atoms with van der Waals surface area (Å²) >= 11 is 0. The topological polar surface area (TPSA) is 29.5 Å². The lowest BCUT2D eigenvalue weighted by Crippen LogP contribution is -2.41. The summed E-state index contributed by atoms with van der Waals surface area (Å²) in [5.74, 6) is -0.582. The second-order valence-corrected chi connectivity index (χ2v) is 3.60. The monoisotopic (exact) mass is 282 g/mol. The molecule has 0 amide bonds. The van der Waals surface area contributed by atoms with E-state index in [1.165, 1.54) is 12.1 Å². The third-order valence-electron chi connectivity index (χ3n) is 2.06. The number of hydrogen-bond acceptors (Lipinski definition) is 2. The molecule has 1 rings (SSSR count). The number of benzene rings is 1. The van der Waals surface area contributed by atoms with Gasteiger partial charge < -0.3 is 9.84 Å². The highest BCUT2D eigenvalue weighted by Gasteiger charge is 2.61. The van der Waals surface area contributed by atoms with E-state index < -0.39 is 18.0 Å². The predicted molar refractivity (Wildman–Crippen MR) is 58.8 cm³/mol. The summed E-state index contributed by atoms with van der Waals surface area (Å²) in [6.07, 6.45) is -7.32. The van der Waals surface area contributed by atoms with E-state index in [-0.39, 0.29) is 6.61 Å². The van der Waals surface area contributed by atoms with Gasteiger partial charge in [-0.2, -0.15) is 22.0 Å². The zero-order valence-electron chi connectivity index (χ0n) is 9.62. The number of rotatable bonds is 5. The number of ether oxygens (including phenoxy) is 1. The summed E-state index contributed by atoms with van der Waals surface area (Å²) in [6.45, 7) is -0.0322. The first-order valence-corrected chi connectivity index (χ1v) is 5.27. The molecule has 0 aromatic heterocycles. The first-order valence-electron chi connectivity index (χ1n) is 5.27. The molecule has 0 saturated heterocycles. The van der Waals surface area contributed by atoms with Crippen molar-refractivity contribution in [3.8, 4) is 5.75 Å². The van der Waals surface area contributed by atoms with Crippen LogP contribution in [0.4, 0.5) is 22.0 Å². The van der Waals surface area contributed by atoms with Crippen LogP contribution in [0.5, 0.6) is 5.75 Å². The normalized spacial score (nSPS) is 12.9. The fourth-order valence-corrected chi connectivity index (χ4v) is 1.15. The Labute approximate surface area is 106 Å². The van der Waals surface area contributed by atoms with E-state index >= 15 is 0 Å². The molecule has 0 atom stereocenters. The summed E-state index contributed by atoms with van der Waals surface area (Å²) in [4.78, 5) is 0. The van der Waals surface area contributed by atoms with Crippen molar-refractivity contribution in [3.05, 3.63) is 35.9 Å². The van der Waals surface area contributed by atoms with Crippen LogP contribution in [0.3, 0.4) is 0 Å². The molecule has 0 saturated carbocycles. The molecule has 1 aromatic carbocycles. The minimum absolute atomic E-state index is 0.0322. The van der Waals surface area contributed by atoms with Crippen molar-refractivity contribution in [1.29, 1.82) is 0 Å². The third kappa shape index (κ3) is 4.51. The molecular formula is C12H11F5O2. The van der Waals surface area contributed by atoms with Gasteiger partial charge >= 0.3 is 12.3 Å². The van der Waals surface area contributed by atoms with Crippen LogP contribution in [0.1, 0.15) is 12.0 Å². The summed E-state index contributed by atoms with van der Waals surface area (Å²) in [7, 11) is 0. The highest BCUT2D eigenvalue weighted by atomic mass is 19.4. The summed E-state index contributed by atoms with van der Waals surface area (Å²) in [6, 6.07) is 4.68. The Balaban J connectivity index is 2.72. The fourth-order valence-electron chi connectivity index (χ4n) is 1.15. The maximum Gasteiger partial charge on any atom is 0.499 e. The molecule has 2 nitrogen and oxygen atoms in total. The number of halogens is 5. The van der Waals surface area contributed by atoms with E-state index in [1.807, 2.05) is 0 Å². The Kier molecular flexibility index (Phi) is 4.88. The van der Waals surface area contributed by atoms with Gasteiger partial charge in [-0.25, -0.2) is 0 Å². The van der Waals surface area contributed by atoms with Gasteiger partial charge in [-0.15, -0.1) is 0 Å². The van der Waals surface area contributed by atoms with Crippen molar-refractivity contribution in [2.45, 2.75) is 18.7 Å². The molecule has 0 heterocycles. The Bertz CT molecular complexity index is 423. The van der Waals surface area contributed by atoms with Crippen LogP contribution in [0.15, 0.2) is 30.3 Å². The van der Waals surface area contributed by atoms with Crippen LogP contribution in [0, 0.1) is 0 Å². The molecule has 0 spiro atoms. The van der Waals surface area contributed by atoms with Gasteiger partial charge in [-0.05, 0) is 24.1 Å². The number of aliphatic hydroxyl groups excluding tert-OH is 1. The lowest BCUT2D eigenvalue weighted by atomic mass is 10.2. The van der Waals surface area contributed by atoms with Crippen LogP contribution < -0.4 is 4.74 Å². The molecule has 0 aliphatic heterocycles. The van der Waals surface area contributed by atoms with Gasteiger partial charge in [0.05, 0.1) is 0 Å². The van der Waals surface area contributed by atoms with Gasteiger partial charge in [0.15, 0.2) is 0 Å². The van der Waals surface area contributed by atoms with Crippen LogP contribution in [-0.2, 0) is 0 Å². The molecule has 0 aliphatic rings. The minimum Gasteiger partial charge on any atom is -0.426 e. The molecule has 106 valence electrons. The van der Waals surface area contributed by atoms with Crippen LogP contribution in [-0.4, -0.2) is 24.0 Å². The van der Waals surface area contributed by atoms with E-state index in [0.29, 0.717) is 12.0 Å². The number of hydrogen-bond donors (Lipinski definition) is 1. The van der Waals surface area contributed by atoms with Gasteiger partial charge in [0.2, 0.25) is 0 Å². The van der Waals surface area contributed by atoms with E-state index in [2.05, 4.69) is 4.74 Å². The van der Waals surface area contributed by atoms with Crippen molar-refractivity contribution < 1.29 is 31.8 Å². The summed E-state index contributed by atoms with van der Waals surface area (Å²) in [5.41, 5.74) is 0.594. The minimum atomic E-state index is -5.76. The molecule has 0 unspecified atom stereocenters. The quantitative estimate of drug-likeness (QED) is 0.836. The molecule has 1 aromatic rings. The Hall–Kier alpha value is -1.63. The molecule has 0 radical (unpaired) electrons. The van der Waals surface area contributed by atoms with E-state index in [4.69, 9.17) is 5.11 Å². The van der Waals surface area contributed by atoms with Crippen molar-refractivity contribution in [2.24, 2.45) is 0 Å². The van der Waals surface area contributed by atoms with Gasteiger partial charge in [0.25, 0.3) is 0 Å². The highest BCUT2D eigenvalue weighted by molar-refractivity contribution is 5.50. The lowest BCUT2D eigenvalue weighted by Gasteiger charge is -2.20. The molecule has 1 N–H and O–H groups in total. The summed E-state index contributed by atoms with van der Waals surface area (Å²) in [5, 5.41) is 8.53. The molecular weight excluding hydrogens is 271 g/mol. The van der Waals surface area contributed by atoms with Gasteiger partial charge in [0.1, 0.15) is 5.75 Å². The first kappa shape index (κ1) is 15.4. The average molecular weight is 282 g/mol. The Morgan fingerprint density at radius 3 is 2.11 bits per heavy atom. The third-order valence-corrected chi connectivity index (χ3v) is 2.06. The zero-order chi connectivity index (χ0) is 14.5. The Morgan fingerprint density at radius 2 is 1.63 bits per heavy atom. The molecule has 0 fully saturated rings. The van der Waals surface area contributed by atoms with Crippen LogP contribution in [0.2, 0.25) is 0 Å². The largest absolute Gasteiger partial charge is 0.499 e. The summed E-state index contributed by atoms with van der Waals surface area (Å²) < 4.78 is 64.5. The maximum atomic E-state index is 12.6. The second-order valence-electron chi connectivity index (χ2n) is 3.60. The lowest BCUT2D eigenvalue weighted by molar-refractivity contribution is -0.360. The van der Waals surface area contributed by atoms with Gasteiger partial charge in [0, 0.05) is 6.61 Å². The van der Waals surface area contributed by atoms with Crippen molar-refractivity contribution in [3.63, 3.8) is 0 Å². The number of aliphatic hydroxyl groups is 1. The van der Waals surface area contributed by atoms with Crippen molar-refractivity contribution in [1.82, 2.24) is 0 Å². The first-order chi connectivity index (χ1) is 8.76. The molecule has 0 aliphatic carbocycles. The van der Waals surface area contributed by atoms with E-state index in [0.717, 1.165) is 12.1 Å². The molecule has 0 bridgehead atoms. The number of alkyl halides is 5. The standard InChI is InChI=1S/C12H11F5O2/c13-11(14,15)12(16,17)19-10-6-4-9(5-7-10)3-1-2-8-18/h1,3-7,18H,2,8H2. The SMILES string of the molecule is OCCC=Cc1ccc(OC(F)(F)C(F)(F)F)cc1. The second kappa shape index (κ2) is 6.01. The van der Waals surface area contributed by atoms with E-state index in [9.17, 15) is 22.0 Å². The maximum absolute atomic E-state index is 12.6. The highest BCUT2D eigenvalue weighted by Crippen LogP contribution is 2.37. The predicted octanol–water partition coefficient (Wildman–Crippen LogP) is 3.62. The Morgan fingerprint density at radius 1 is 1.05 bits per heavy atom. The average Bonchev–Trinajstić information content (AvgIpc) is 2.30. The smallest absolute Gasteiger partial charge is 0.426 e. The van der Waals surface area contributed by atoms with Gasteiger partial charge in [-0.3, -0.25) is 0 Å². The van der Waals surface area contributed by atoms with Crippen LogP contribution in [0.25, 0.3) is 6.08 Å². The fraction of sp³-hybridized carbons (Fsp3) is 0.333. The van der Waals surface area contributed by atoms with Gasteiger partial charge in [-0.1, -0.05) is 24.3 Å². The van der Waals surface area contributed by atoms with E-state index in [1.54, 1.807) is 12.2 Å². The molecule has 19 heavy (non-hydrogen) atoms. The van der Waals surface area contributed by atoms with Crippen molar-refractivity contribution >= 4 is 6.08 Å². The zero-order valence-corrected chi connectivity index (χ0v) is 9.62. The van der Waals surface area contributed by atoms with Crippen molar-refractivity contribution in [2.75, 3.05) is 6.61 Å². The van der Waals surface area contributed by atoms with Crippen LogP contribution >= 0.6 is 0 Å².